The summed E-state index contributed by atoms with van der Waals surface area (Å²) in [5, 5.41) is 12.1. The second kappa shape index (κ2) is 12.0. The summed E-state index contributed by atoms with van der Waals surface area (Å²) in [5.74, 6) is -1.00. The van der Waals surface area contributed by atoms with E-state index in [1.165, 1.54) is 0 Å². The number of hydrogen-bond acceptors (Lipinski definition) is 5. The van der Waals surface area contributed by atoms with Crippen molar-refractivity contribution >= 4 is 23.5 Å². The molecule has 0 saturated carbocycles. The van der Waals surface area contributed by atoms with Crippen molar-refractivity contribution < 1.29 is 19.5 Å². The molecule has 8 nitrogen and oxygen atoms in total. The summed E-state index contributed by atoms with van der Waals surface area (Å²) in [4.78, 5) is 44.9. The number of likely N-dealkylation sites (tertiary alicyclic amines) is 1. The number of carbonyl (C=O) groups excluding carboxylic acids is 2. The van der Waals surface area contributed by atoms with Crippen molar-refractivity contribution in [3.8, 4) is 0 Å². The number of benzene rings is 2. The van der Waals surface area contributed by atoms with Crippen molar-refractivity contribution in [2.24, 2.45) is 0 Å². The first-order valence-electron chi connectivity index (χ1n) is 14.1. The third-order valence-electron chi connectivity index (χ3n) is 8.65. The Hall–Kier alpha value is -4.35. The molecule has 2 saturated heterocycles. The highest BCUT2D eigenvalue weighted by Gasteiger charge is 2.54. The highest BCUT2D eigenvalue weighted by molar-refractivity contribution is 5.94. The molecular weight excluding hydrogens is 516 g/mol. The van der Waals surface area contributed by atoms with Crippen molar-refractivity contribution in [2.75, 3.05) is 44.8 Å². The Morgan fingerprint density at radius 1 is 0.976 bits per heavy atom. The first-order valence-corrected chi connectivity index (χ1v) is 14.1. The zero-order valence-electron chi connectivity index (χ0n) is 23.4. The predicted octanol–water partition coefficient (Wildman–Crippen LogP) is 3.32. The van der Waals surface area contributed by atoms with E-state index in [2.05, 4.69) is 27.2 Å². The van der Waals surface area contributed by atoms with Gasteiger partial charge >= 0.3 is 5.97 Å². The SMILES string of the molecule is CNC(=O)C(CCN1CCC2(CC1)C(=O)N(CCC(=O)O)CN2c1ccccc1)(c1c#cccc1)c1ccccc1. The normalized spacial score (nSPS) is 17.0. The molecule has 212 valence electrons. The molecule has 2 amide bonds. The molecule has 3 aromatic carbocycles. The van der Waals surface area contributed by atoms with Gasteiger partial charge in [-0.05, 0) is 55.6 Å². The number of carboxylic acids is 1. The van der Waals surface area contributed by atoms with Crippen molar-refractivity contribution in [3.63, 3.8) is 0 Å². The lowest BCUT2D eigenvalue weighted by atomic mass is 9.71. The van der Waals surface area contributed by atoms with E-state index in [1.54, 1.807) is 18.0 Å². The zero-order chi connectivity index (χ0) is 28.9. The molecule has 1 spiro atoms. The predicted molar refractivity (Wildman–Crippen MR) is 156 cm³/mol. The minimum atomic E-state index is -0.935. The van der Waals surface area contributed by atoms with Gasteiger partial charge in [0, 0.05) is 37.9 Å². The largest absolute Gasteiger partial charge is 0.481 e. The van der Waals surface area contributed by atoms with Crippen LogP contribution in [-0.2, 0) is 19.8 Å². The van der Waals surface area contributed by atoms with Crippen LogP contribution in [0.5, 0.6) is 0 Å². The van der Waals surface area contributed by atoms with Crippen LogP contribution in [0.15, 0.2) is 78.9 Å². The van der Waals surface area contributed by atoms with Crippen LogP contribution >= 0.6 is 0 Å². The number of piperidine rings is 1. The fourth-order valence-corrected chi connectivity index (χ4v) is 6.42. The summed E-state index contributed by atoms with van der Waals surface area (Å²) in [6.45, 7) is 2.60. The van der Waals surface area contributed by atoms with Gasteiger partial charge in [0.15, 0.2) is 0 Å². The van der Waals surface area contributed by atoms with Gasteiger partial charge in [-0.1, -0.05) is 66.7 Å². The summed E-state index contributed by atoms with van der Waals surface area (Å²) in [5.41, 5.74) is 0.991. The van der Waals surface area contributed by atoms with Gasteiger partial charge in [-0.15, -0.1) is 0 Å². The Morgan fingerprint density at radius 3 is 2.27 bits per heavy atom. The lowest BCUT2D eigenvalue weighted by Gasteiger charge is -2.44. The second-order valence-corrected chi connectivity index (χ2v) is 10.8. The Bertz CT molecular complexity index is 1300. The molecule has 0 aliphatic carbocycles. The molecular formula is C33H36N4O4. The Labute approximate surface area is 241 Å². The van der Waals surface area contributed by atoms with Crippen LogP contribution in [0.2, 0.25) is 0 Å². The van der Waals surface area contributed by atoms with Crippen LogP contribution < -0.4 is 10.2 Å². The number of likely N-dealkylation sites (N-methyl/N-ethyl adjacent to an activating group) is 1. The number of aliphatic carboxylic acids is 1. The Kier molecular flexibility index (Phi) is 8.27. The van der Waals surface area contributed by atoms with Crippen molar-refractivity contribution in [1.29, 1.82) is 0 Å². The molecule has 0 bridgehead atoms. The average molecular weight is 553 g/mol. The number of para-hydroxylation sites is 1. The van der Waals surface area contributed by atoms with Crippen LogP contribution in [0.25, 0.3) is 0 Å². The molecule has 0 aromatic heterocycles. The lowest BCUT2D eigenvalue weighted by Crippen LogP contribution is -2.57. The molecule has 41 heavy (non-hydrogen) atoms. The van der Waals surface area contributed by atoms with Crippen LogP contribution in [0.3, 0.4) is 0 Å². The van der Waals surface area contributed by atoms with Gasteiger partial charge in [0.05, 0.1) is 13.1 Å². The second-order valence-electron chi connectivity index (χ2n) is 10.8. The lowest BCUT2D eigenvalue weighted by molar-refractivity contribution is -0.138. The van der Waals surface area contributed by atoms with Crippen LogP contribution in [0.1, 0.15) is 36.8 Å². The van der Waals surface area contributed by atoms with Crippen LogP contribution in [0.4, 0.5) is 5.69 Å². The number of anilines is 1. The van der Waals surface area contributed by atoms with E-state index in [9.17, 15) is 19.5 Å². The first-order chi connectivity index (χ1) is 19.9. The Balaban J connectivity index is 1.37. The highest BCUT2D eigenvalue weighted by atomic mass is 16.4. The number of rotatable bonds is 10. The Morgan fingerprint density at radius 2 is 1.66 bits per heavy atom. The fraction of sp³-hybridized carbons (Fsp3) is 0.364. The highest BCUT2D eigenvalue weighted by Crippen LogP contribution is 2.41. The minimum Gasteiger partial charge on any atom is -0.481 e. The smallest absolute Gasteiger partial charge is 0.305 e. The number of carbonyl (C=O) groups is 3. The molecule has 1 unspecified atom stereocenters. The van der Waals surface area contributed by atoms with Crippen molar-refractivity contribution in [2.45, 2.75) is 36.6 Å². The maximum absolute atomic E-state index is 13.8. The van der Waals surface area contributed by atoms with E-state index < -0.39 is 16.9 Å². The summed E-state index contributed by atoms with van der Waals surface area (Å²) in [6, 6.07) is 31.5. The van der Waals surface area contributed by atoms with E-state index in [0.717, 1.165) is 16.8 Å². The molecule has 2 fully saturated rings. The quantitative estimate of drug-likeness (QED) is 0.401. The fourth-order valence-electron chi connectivity index (χ4n) is 6.42. The topological polar surface area (TPSA) is 93.2 Å². The van der Waals surface area contributed by atoms with Gasteiger partial charge < -0.3 is 25.1 Å². The van der Waals surface area contributed by atoms with Crippen LogP contribution in [0, 0.1) is 12.1 Å². The third kappa shape index (κ3) is 5.38. The summed E-state index contributed by atoms with van der Waals surface area (Å²) >= 11 is 0. The number of nitrogens with one attached hydrogen (secondary N) is 1. The molecule has 0 radical (unpaired) electrons. The number of hydrogen-bond donors (Lipinski definition) is 2. The van der Waals surface area contributed by atoms with Crippen molar-refractivity contribution in [3.05, 3.63) is 102 Å². The van der Waals surface area contributed by atoms with Gasteiger partial charge in [0.2, 0.25) is 11.8 Å². The molecule has 2 heterocycles. The van der Waals surface area contributed by atoms with Gasteiger partial charge in [0.25, 0.3) is 0 Å². The average Bonchev–Trinajstić information content (AvgIpc) is 3.29. The molecule has 5 rings (SSSR count). The summed E-state index contributed by atoms with van der Waals surface area (Å²) < 4.78 is 0. The maximum Gasteiger partial charge on any atom is 0.305 e. The van der Waals surface area contributed by atoms with E-state index in [4.69, 9.17) is 0 Å². The molecule has 2 aliphatic heterocycles. The van der Waals surface area contributed by atoms with E-state index in [1.807, 2.05) is 72.8 Å². The van der Waals surface area contributed by atoms with Crippen LogP contribution in [-0.4, -0.2) is 78.1 Å². The minimum absolute atomic E-state index is 0.000619. The maximum atomic E-state index is 13.8. The monoisotopic (exact) mass is 552 g/mol. The zero-order valence-corrected chi connectivity index (χ0v) is 23.4. The van der Waals surface area contributed by atoms with E-state index in [0.29, 0.717) is 45.6 Å². The molecule has 8 heteroatoms. The van der Waals surface area contributed by atoms with E-state index in [-0.39, 0.29) is 24.8 Å². The number of nitrogens with zero attached hydrogens (tertiary/aromatic N) is 3. The first kappa shape index (κ1) is 28.2. The summed E-state index contributed by atoms with van der Waals surface area (Å²) in [6.07, 6.45) is 1.70. The molecule has 2 aliphatic rings. The van der Waals surface area contributed by atoms with Gasteiger partial charge in [-0.3, -0.25) is 14.4 Å². The number of carboxylic acid groups (broad SMARTS) is 1. The summed E-state index contributed by atoms with van der Waals surface area (Å²) in [7, 11) is 1.66. The molecule has 1 atom stereocenters. The standard InChI is InChI=1S/C33H36N4O4/c1-34-30(40)33(26-11-5-2-6-12-26,27-13-7-3-8-14-27)20-24-35-22-18-32(19-23-35)31(41)36(21-17-29(38)39)25-37(32)28-15-9-4-10-16-28/h2-7,9-13,15-16H,17-25H2,1H3,(H,34,40)(H,38,39). The molecule has 2 N–H and O–H groups in total. The van der Waals surface area contributed by atoms with Gasteiger partial charge in [0.1, 0.15) is 11.0 Å². The van der Waals surface area contributed by atoms with Gasteiger partial charge in [-0.25, -0.2) is 0 Å². The third-order valence-corrected chi connectivity index (χ3v) is 8.65. The number of amides is 2. The van der Waals surface area contributed by atoms with E-state index >= 15 is 0 Å². The molecule has 3 aromatic rings. The van der Waals surface area contributed by atoms with Gasteiger partial charge in [-0.2, -0.15) is 0 Å². The van der Waals surface area contributed by atoms with Crippen molar-refractivity contribution in [1.82, 2.24) is 15.1 Å².